The molecule has 6 heteroatoms. The van der Waals surface area contributed by atoms with Gasteiger partial charge in [0.2, 0.25) is 5.91 Å². The molecule has 1 amide bonds. The van der Waals surface area contributed by atoms with Crippen molar-refractivity contribution in [2.24, 2.45) is 5.92 Å². The highest BCUT2D eigenvalue weighted by Gasteiger charge is 2.25. The number of hydrogen-bond donors (Lipinski definition) is 1. The van der Waals surface area contributed by atoms with Gasteiger partial charge in [-0.25, -0.2) is 0 Å². The maximum absolute atomic E-state index is 12.5. The van der Waals surface area contributed by atoms with E-state index in [1.165, 1.54) is 0 Å². The summed E-state index contributed by atoms with van der Waals surface area (Å²) in [5.41, 5.74) is 1.13. The fourth-order valence-corrected chi connectivity index (χ4v) is 4.20. The topological polar surface area (TPSA) is 58.1 Å². The van der Waals surface area contributed by atoms with Crippen LogP contribution in [0.2, 0.25) is 0 Å². The summed E-state index contributed by atoms with van der Waals surface area (Å²) >= 11 is 1.61. The standard InChI is InChI=1S/C23H24N4OS/c28-23(24-17-18-7-3-1-4-8-18)19-13-15-27(16-14-19)21-11-12-22(26-25-21)29-20-9-5-2-6-10-20/h1-12,19H,13-17H2,(H,24,28). The van der Waals surface area contributed by atoms with E-state index >= 15 is 0 Å². The molecule has 3 aromatic rings. The maximum atomic E-state index is 12.5. The molecule has 0 aliphatic carbocycles. The average Bonchev–Trinajstić information content (AvgIpc) is 2.79. The number of nitrogens with zero attached hydrogens (tertiary/aromatic N) is 3. The summed E-state index contributed by atoms with van der Waals surface area (Å²) in [6, 6.07) is 24.2. The van der Waals surface area contributed by atoms with Crippen LogP contribution in [-0.4, -0.2) is 29.2 Å². The van der Waals surface area contributed by atoms with Crippen molar-refractivity contribution in [3.05, 3.63) is 78.4 Å². The predicted molar refractivity (Wildman–Crippen MR) is 116 cm³/mol. The number of benzene rings is 2. The van der Waals surface area contributed by atoms with Crippen LogP contribution in [0.5, 0.6) is 0 Å². The normalized spacial score (nSPS) is 14.6. The van der Waals surface area contributed by atoms with Gasteiger partial charge in [0.05, 0.1) is 0 Å². The number of rotatable bonds is 6. The lowest BCUT2D eigenvalue weighted by Crippen LogP contribution is -2.40. The van der Waals surface area contributed by atoms with Crippen molar-refractivity contribution in [2.45, 2.75) is 29.3 Å². The van der Waals surface area contributed by atoms with Crippen molar-refractivity contribution in [3.8, 4) is 0 Å². The fraction of sp³-hybridized carbons (Fsp3) is 0.261. The first kappa shape index (κ1) is 19.5. The zero-order valence-electron chi connectivity index (χ0n) is 16.2. The quantitative estimate of drug-likeness (QED) is 0.668. The maximum Gasteiger partial charge on any atom is 0.223 e. The molecule has 29 heavy (non-hydrogen) atoms. The average molecular weight is 405 g/mol. The predicted octanol–water partition coefficient (Wildman–Crippen LogP) is 4.16. The SMILES string of the molecule is O=C(NCc1ccccc1)C1CCN(c2ccc(Sc3ccccc3)nn2)CC1. The van der Waals surface area contributed by atoms with Gasteiger partial charge in [-0.1, -0.05) is 60.3 Å². The van der Waals surface area contributed by atoms with Gasteiger partial charge >= 0.3 is 0 Å². The summed E-state index contributed by atoms with van der Waals surface area (Å²) in [5, 5.41) is 12.7. The lowest BCUT2D eigenvalue weighted by Gasteiger charge is -2.31. The van der Waals surface area contributed by atoms with Crippen LogP contribution in [0.3, 0.4) is 0 Å². The first-order valence-electron chi connectivity index (χ1n) is 9.91. The van der Waals surface area contributed by atoms with Crippen LogP contribution in [0, 0.1) is 5.92 Å². The zero-order valence-corrected chi connectivity index (χ0v) is 17.0. The summed E-state index contributed by atoms with van der Waals surface area (Å²) in [7, 11) is 0. The number of anilines is 1. The van der Waals surface area contributed by atoms with Crippen LogP contribution in [0.4, 0.5) is 5.82 Å². The Bertz CT molecular complexity index is 911. The number of carbonyl (C=O) groups is 1. The molecule has 148 valence electrons. The van der Waals surface area contributed by atoms with Gasteiger partial charge in [-0.15, -0.1) is 10.2 Å². The van der Waals surface area contributed by atoms with E-state index in [1.54, 1.807) is 11.8 Å². The Labute approximate surface area is 175 Å². The molecule has 1 fully saturated rings. The highest BCUT2D eigenvalue weighted by Crippen LogP contribution is 2.27. The summed E-state index contributed by atoms with van der Waals surface area (Å²) in [5.74, 6) is 1.09. The molecule has 0 radical (unpaired) electrons. The highest BCUT2D eigenvalue weighted by molar-refractivity contribution is 7.99. The Morgan fingerprint density at radius 2 is 1.62 bits per heavy atom. The molecule has 1 saturated heterocycles. The third-order valence-electron chi connectivity index (χ3n) is 5.09. The molecule has 1 aliphatic heterocycles. The second kappa shape index (κ2) is 9.56. The van der Waals surface area contributed by atoms with Crippen LogP contribution in [0.1, 0.15) is 18.4 Å². The van der Waals surface area contributed by atoms with E-state index in [9.17, 15) is 4.79 Å². The van der Waals surface area contributed by atoms with E-state index in [2.05, 4.69) is 32.5 Å². The second-order valence-corrected chi connectivity index (χ2v) is 8.20. The lowest BCUT2D eigenvalue weighted by atomic mass is 9.96. The third kappa shape index (κ3) is 5.35. The number of hydrogen-bond acceptors (Lipinski definition) is 5. The molecule has 1 N–H and O–H groups in total. The van der Waals surface area contributed by atoms with Gasteiger partial charge < -0.3 is 10.2 Å². The van der Waals surface area contributed by atoms with E-state index in [0.717, 1.165) is 47.2 Å². The minimum atomic E-state index is 0.0656. The van der Waals surface area contributed by atoms with E-state index in [0.29, 0.717) is 6.54 Å². The van der Waals surface area contributed by atoms with Gasteiger partial charge in [-0.05, 0) is 42.7 Å². The summed E-state index contributed by atoms with van der Waals surface area (Å²) < 4.78 is 0. The Balaban J connectivity index is 1.26. The summed E-state index contributed by atoms with van der Waals surface area (Å²) in [4.78, 5) is 15.8. The van der Waals surface area contributed by atoms with E-state index in [1.807, 2.05) is 60.7 Å². The van der Waals surface area contributed by atoms with E-state index in [4.69, 9.17) is 0 Å². The lowest BCUT2D eigenvalue weighted by molar-refractivity contribution is -0.125. The molecule has 2 aromatic carbocycles. The van der Waals surface area contributed by atoms with Crippen LogP contribution >= 0.6 is 11.8 Å². The molecule has 2 heterocycles. The van der Waals surface area contributed by atoms with Gasteiger partial charge in [0.1, 0.15) is 5.03 Å². The monoisotopic (exact) mass is 404 g/mol. The molecule has 4 rings (SSSR count). The Kier molecular flexibility index (Phi) is 6.42. The molecule has 5 nitrogen and oxygen atoms in total. The number of carbonyl (C=O) groups excluding carboxylic acids is 1. The van der Waals surface area contributed by atoms with Gasteiger partial charge in [-0.3, -0.25) is 4.79 Å². The van der Waals surface area contributed by atoms with Crippen LogP contribution in [-0.2, 0) is 11.3 Å². The van der Waals surface area contributed by atoms with E-state index in [-0.39, 0.29) is 11.8 Å². The van der Waals surface area contributed by atoms with Crippen LogP contribution in [0.25, 0.3) is 0 Å². The van der Waals surface area contributed by atoms with Crippen molar-refractivity contribution >= 4 is 23.5 Å². The molecule has 0 saturated carbocycles. The van der Waals surface area contributed by atoms with Gasteiger partial charge in [0.25, 0.3) is 0 Å². The summed E-state index contributed by atoms with van der Waals surface area (Å²) in [6.45, 7) is 2.23. The number of amides is 1. The second-order valence-electron chi connectivity index (χ2n) is 7.11. The molecule has 1 aromatic heterocycles. The smallest absolute Gasteiger partial charge is 0.223 e. The van der Waals surface area contributed by atoms with Crippen molar-refractivity contribution in [2.75, 3.05) is 18.0 Å². The van der Waals surface area contributed by atoms with Crippen LogP contribution < -0.4 is 10.2 Å². The minimum absolute atomic E-state index is 0.0656. The van der Waals surface area contributed by atoms with Gasteiger partial charge in [0.15, 0.2) is 5.82 Å². The molecule has 1 aliphatic rings. The largest absolute Gasteiger partial charge is 0.355 e. The van der Waals surface area contributed by atoms with Crippen molar-refractivity contribution < 1.29 is 4.79 Å². The van der Waals surface area contributed by atoms with Crippen molar-refractivity contribution in [1.82, 2.24) is 15.5 Å². The molecule has 0 atom stereocenters. The van der Waals surface area contributed by atoms with Crippen molar-refractivity contribution in [1.29, 1.82) is 0 Å². The molecule has 0 spiro atoms. The van der Waals surface area contributed by atoms with Gasteiger partial charge in [0, 0.05) is 30.4 Å². The molecular formula is C23H24N4OS. The van der Waals surface area contributed by atoms with Crippen LogP contribution in [0.15, 0.2) is 82.7 Å². The fourth-order valence-electron chi connectivity index (χ4n) is 3.45. The third-order valence-corrected chi connectivity index (χ3v) is 6.03. The number of aromatic nitrogens is 2. The first-order chi connectivity index (χ1) is 14.3. The zero-order chi connectivity index (χ0) is 19.9. The number of nitrogens with one attached hydrogen (secondary N) is 1. The van der Waals surface area contributed by atoms with Crippen molar-refractivity contribution in [3.63, 3.8) is 0 Å². The Hall–Kier alpha value is -2.86. The summed E-state index contributed by atoms with van der Waals surface area (Å²) in [6.07, 6.45) is 1.67. The Morgan fingerprint density at radius 1 is 0.931 bits per heavy atom. The first-order valence-corrected chi connectivity index (χ1v) is 10.7. The minimum Gasteiger partial charge on any atom is -0.355 e. The Morgan fingerprint density at radius 3 is 2.28 bits per heavy atom. The molecular weight excluding hydrogens is 380 g/mol. The highest BCUT2D eigenvalue weighted by atomic mass is 32.2. The van der Waals surface area contributed by atoms with E-state index < -0.39 is 0 Å². The molecule has 0 bridgehead atoms. The van der Waals surface area contributed by atoms with Gasteiger partial charge in [-0.2, -0.15) is 0 Å². The number of piperidine rings is 1. The molecule has 0 unspecified atom stereocenters.